The summed E-state index contributed by atoms with van der Waals surface area (Å²) in [6.45, 7) is 7.07. The Morgan fingerprint density at radius 2 is 1.93 bits per heavy atom. The second-order valence-electron chi connectivity index (χ2n) is 4.46. The van der Waals surface area contributed by atoms with Gasteiger partial charge in [-0.3, -0.25) is 0 Å². The lowest BCUT2D eigenvalue weighted by Gasteiger charge is -2.20. The zero-order valence-corrected chi connectivity index (χ0v) is 9.43. The number of carbonyl (C=O) groups excluding carboxylic acids is 1. The number of esters is 1. The maximum atomic E-state index is 12.8. The Balaban J connectivity index is 2.92. The van der Waals surface area contributed by atoms with Gasteiger partial charge in [-0.05, 0) is 51.5 Å². The summed E-state index contributed by atoms with van der Waals surface area (Å²) in [4.78, 5) is 11.6. The fourth-order valence-corrected chi connectivity index (χ4v) is 1.19. The molecule has 82 valence electrons. The molecule has 0 aliphatic heterocycles. The average Bonchev–Trinajstić information content (AvgIpc) is 1.99. The van der Waals surface area contributed by atoms with Crippen molar-refractivity contribution in [2.45, 2.75) is 33.3 Å². The minimum Gasteiger partial charge on any atom is -0.456 e. The first-order valence-electron chi connectivity index (χ1n) is 4.79. The number of aryl methyl sites for hydroxylation is 1. The van der Waals surface area contributed by atoms with Crippen LogP contribution in [0.1, 0.15) is 36.7 Å². The second kappa shape index (κ2) is 4.01. The van der Waals surface area contributed by atoms with Crippen LogP contribution in [0.4, 0.5) is 4.39 Å². The van der Waals surface area contributed by atoms with Crippen molar-refractivity contribution < 1.29 is 13.9 Å². The quantitative estimate of drug-likeness (QED) is 0.666. The van der Waals surface area contributed by atoms with Crippen LogP contribution in [-0.2, 0) is 4.74 Å². The normalized spacial score (nSPS) is 11.3. The number of benzene rings is 1. The number of ether oxygens (including phenoxy) is 1. The molecule has 0 amide bonds. The number of hydrogen-bond acceptors (Lipinski definition) is 2. The van der Waals surface area contributed by atoms with E-state index < -0.39 is 11.6 Å². The standard InChI is InChI=1S/C12H15FO2/c1-8-7-9(13)5-6-10(8)11(14)15-12(2,3)4/h5-7H,1-4H3. The van der Waals surface area contributed by atoms with Gasteiger partial charge in [0.05, 0.1) is 5.56 Å². The first-order chi connectivity index (χ1) is 6.79. The molecule has 0 aliphatic rings. The Morgan fingerprint density at radius 3 is 2.40 bits per heavy atom. The monoisotopic (exact) mass is 210 g/mol. The topological polar surface area (TPSA) is 26.3 Å². The summed E-state index contributed by atoms with van der Waals surface area (Å²) in [5.41, 5.74) is 0.466. The van der Waals surface area contributed by atoms with E-state index >= 15 is 0 Å². The summed E-state index contributed by atoms with van der Waals surface area (Å²) in [6.07, 6.45) is 0. The van der Waals surface area contributed by atoms with Gasteiger partial charge in [0.1, 0.15) is 11.4 Å². The average molecular weight is 210 g/mol. The van der Waals surface area contributed by atoms with E-state index in [1.54, 1.807) is 27.7 Å². The predicted molar refractivity (Wildman–Crippen MR) is 56.3 cm³/mol. The molecule has 0 saturated heterocycles. The molecule has 2 nitrogen and oxygen atoms in total. The zero-order valence-electron chi connectivity index (χ0n) is 9.43. The fraction of sp³-hybridized carbons (Fsp3) is 0.417. The van der Waals surface area contributed by atoms with Crippen molar-refractivity contribution in [3.05, 3.63) is 35.1 Å². The summed E-state index contributed by atoms with van der Waals surface area (Å²) in [7, 11) is 0. The third kappa shape index (κ3) is 3.35. The van der Waals surface area contributed by atoms with Gasteiger partial charge in [0.25, 0.3) is 0 Å². The summed E-state index contributed by atoms with van der Waals surface area (Å²) in [5.74, 6) is -0.764. The molecule has 0 aromatic heterocycles. The van der Waals surface area contributed by atoms with Crippen LogP contribution in [0.15, 0.2) is 18.2 Å². The Morgan fingerprint density at radius 1 is 1.33 bits per heavy atom. The minimum absolute atomic E-state index is 0.347. The van der Waals surface area contributed by atoms with Crippen LogP contribution in [0.3, 0.4) is 0 Å². The minimum atomic E-state index is -0.530. The zero-order chi connectivity index (χ0) is 11.6. The van der Waals surface area contributed by atoms with Gasteiger partial charge >= 0.3 is 5.97 Å². The summed E-state index contributed by atoms with van der Waals surface area (Å²) < 4.78 is 18.0. The van der Waals surface area contributed by atoms with Crippen LogP contribution in [0.5, 0.6) is 0 Å². The van der Waals surface area contributed by atoms with Crippen LogP contribution in [0.2, 0.25) is 0 Å². The molecule has 0 aliphatic carbocycles. The molecule has 1 rings (SSSR count). The van der Waals surface area contributed by atoms with Crippen molar-refractivity contribution in [3.63, 3.8) is 0 Å². The summed E-state index contributed by atoms with van der Waals surface area (Å²) in [5, 5.41) is 0. The molecular formula is C12H15FO2. The van der Waals surface area contributed by atoms with Crippen LogP contribution in [0, 0.1) is 12.7 Å². The Labute approximate surface area is 89.1 Å². The Kier molecular flexibility index (Phi) is 3.12. The van der Waals surface area contributed by atoms with E-state index in [0.29, 0.717) is 11.1 Å². The fourth-order valence-electron chi connectivity index (χ4n) is 1.19. The molecule has 0 heterocycles. The smallest absolute Gasteiger partial charge is 0.338 e. The van der Waals surface area contributed by atoms with Gasteiger partial charge in [0.15, 0.2) is 0 Å². The highest BCUT2D eigenvalue weighted by Gasteiger charge is 2.19. The van der Waals surface area contributed by atoms with E-state index in [1.165, 1.54) is 18.2 Å². The molecule has 1 aromatic carbocycles. The van der Waals surface area contributed by atoms with Gasteiger partial charge in [-0.15, -0.1) is 0 Å². The highest BCUT2D eigenvalue weighted by atomic mass is 19.1. The maximum Gasteiger partial charge on any atom is 0.338 e. The van der Waals surface area contributed by atoms with Gasteiger partial charge in [-0.25, -0.2) is 9.18 Å². The number of rotatable bonds is 1. The van der Waals surface area contributed by atoms with Crippen molar-refractivity contribution in [1.82, 2.24) is 0 Å². The summed E-state index contributed by atoms with van der Waals surface area (Å²) in [6, 6.07) is 4.02. The lowest BCUT2D eigenvalue weighted by molar-refractivity contribution is 0.00687. The highest BCUT2D eigenvalue weighted by molar-refractivity contribution is 5.91. The van der Waals surface area contributed by atoms with Crippen molar-refractivity contribution >= 4 is 5.97 Å². The van der Waals surface area contributed by atoms with Crippen molar-refractivity contribution in [2.24, 2.45) is 0 Å². The molecule has 0 atom stereocenters. The number of hydrogen-bond donors (Lipinski definition) is 0. The van der Waals surface area contributed by atoms with Crippen molar-refractivity contribution in [3.8, 4) is 0 Å². The first-order valence-corrected chi connectivity index (χ1v) is 4.79. The van der Waals surface area contributed by atoms with E-state index in [2.05, 4.69) is 0 Å². The van der Waals surface area contributed by atoms with E-state index in [0.717, 1.165) is 0 Å². The van der Waals surface area contributed by atoms with E-state index in [9.17, 15) is 9.18 Å². The highest BCUT2D eigenvalue weighted by Crippen LogP contribution is 2.15. The third-order valence-corrected chi connectivity index (χ3v) is 1.81. The molecule has 0 unspecified atom stereocenters. The van der Waals surface area contributed by atoms with Crippen LogP contribution in [0.25, 0.3) is 0 Å². The molecule has 0 N–H and O–H groups in total. The Bertz CT molecular complexity index is 378. The van der Waals surface area contributed by atoms with Gasteiger partial charge < -0.3 is 4.74 Å². The largest absolute Gasteiger partial charge is 0.456 e. The first kappa shape index (κ1) is 11.7. The van der Waals surface area contributed by atoms with Crippen LogP contribution < -0.4 is 0 Å². The van der Waals surface area contributed by atoms with E-state index in [4.69, 9.17) is 4.74 Å². The molecule has 0 radical (unpaired) electrons. The molecular weight excluding hydrogens is 195 g/mol. The van der Waals surface area contributed by atoms with Crippen LogP contribution >= 0.6 is 0 Å². The molecule has 0 bridgehead atoms. The SMILES string of the molecule is Cc1cc(F)ccc1C(=O)OC(C)(C)C. The van der Waals surface area contributed by atoms with E-state index in [1.807, 2.05) is 0 Å². The maximum absolute atomic E-state index is 12.8. The van der Waals surface area contributed by atoms with E-state index in [-0.39, 0.29) is 5.82 Å². The second-order valence-corrected chi connectivity index (χ2v) is 4.46. The summed E-state index contributed by atoms with van der Waals surface area (Å²) >= 11 is 0. The van der Waals surface area contributed by atoms with Gasteiger partial charge in [-0.2, -0.15) is 0 Å². The lowest BCUT2D eigenvalue weighted by atomic mass is 10.1. The van der Waals surface area contributed by atoms with Crippen molar-refractivity contribution in [1.29, 1.82) is 0 Å². The molecule has 0 fully saturated rings. The van der Waals surface area contributed by atoms with Crippen LogP contribution in [-0.4, -0.2) is 11.6 Å². The molecule has 0 saturated carbocycles. The lowest BCUT2D eigenvalue weighted by Crippen LogP contribution is -2.24. The third-order valence-electron chi connectivity index (χ3n) is 1.81. The molecule has 0 spiro atoms. The number of carbonyl (C=O) groups is 1. The number of halogens is 1. The molecule has 3 heteroatoms. The van der Waals surface area contributed by atoms with Gasteiger partial charge in [0.2, 0.25) is 0 Å². The molecule has 15 heavy (non-hydrogen) atoms. The van der Waals surface area contributed by atoms with Gasteiger partial charge in [-0.1, -0.05) is 0 Å². The van der Waals surface area contributed by atoms with Crippen molar-refractivity contribution in [2.75, 3.05) is 0 Å². The predicted octanol–water partition coefficient (Wildman–Crippen LogP) is 3.09. The Hall–Kier alpha value is -1.38. The molecule has 1 aromatic rings. The van der Waals surface area contributed by atoms with Gasteiger partial charge in [0, 0.05) is 0 Å².